The van der Waals surface area contributed by atoms with E-state index in [2.05, 4.69) is 13.8 Å². The molecule has 53 heavy (non-hydrogen) atoms. The summed E-state index contributed by atoms with van der Waals surface area (Å²) in [5.41, 5.74) is 5.74. The summed E-state index contributed by atoms with van der Waals surface area (Å²) in [6, 6.07) is 5.31. The third kappa shape index (κ3) is 14.6. The molecule has 0 saturated carbocycles. The number of carbonyl (C=O) groups excluding carboxylic acids is 4. The summed E-state index contributed by atoms with van der Waals surface area (Å²) in [5, 5.41) is 8.79. The van der Waals surface area contributed by atoms with Gasteiger partial charge in [0.15, 0.2) is 11.5 Å². The molecule has 1 aliphatic heterocycles. The smallest absolute Gasteiger partial charge is 0.415 e. The molecular weight excluding hydrogens is 688 g/mol. The summed E-state index contributed by atoms with van der Waals surface area (Å²) in [6.45, 7) is 13.8. The van der Waals surface area contributed by atoms with Crippen LogP contribution in [0.1, 0.15) is 86.1 Å². The summed E-state index contributed by atoms with van der Waals surface area (Å²) < 4.78 is 33.5. The number of carboxylic acids is 1. The molecule has 0 aliphatic carbocycles. The molecule has 0 radical (unpaired) electrons. The monoisotopic (exact) mass is 748 g/mol. The first-order chi connectivity index (χ1) is 24.9. The van der Waals surface area contributed by atoms with Crippen molar-refractivity contribution in [2.75, 3.05) is 34.2 Å². The first-order valence-electron chi connectivity index (χ1n) is 18.2. The van der Waals surface area contributed by atoms with Gasteiger partial charge in [0, 0.05) is 57.0 Å². The van der Waals surface area contributed by atoms with Gasteiger partial charge in [-0.05, 0) is 61.1 Å². The highest BCUT2D eigenvalue weighted by Crippen LogP contribution is 2.36. The summed E-state index contributed by atoms with van der Waals surface area (Å²) in [6.07, 6.45) is 1.37. The maximum absolute atomic E-state index is 13.6. The van der Waals surface area contributed by atoms with Crippen LogP contribution in [0.25, 0.3) is 0 Å². The minimum atomic E-state index is -1.33. The Morgan fingerprint density at radius 2 is 1.68 bits per heavy atom. The number of amides is 2. The van der Waals surface area contributed by atoms with E-state index in [0.29, 0.717) is 62.9 Å². The van der Waals surface area contributed by atoms with E-state index in [0.717, 1.165) is 11.6 Å². The largest absolute Gasteiger partial charge is 0.493 e. The van der Waals surface area contributed by atoms with Gasteiger partial charge in [-0.25, -0.2) is 14.4 Å². The highest BCUT2D eigenvalue weighted by atomic mass is 16.7. The zero-order valence-electron chi connectivity index (χ0n) is 32.8. The Kier molecular flexibility index (Phi) is 18.3. The molecule has 298 valence electrons. The predicted octanol–water partition coefficient (Wildman–Crippen LogP) is 5.53. The number of Topliss-reactive ketones (excluding diaryl/α,β-unsaturated/α-hetero) is 1. The van der Waals surface area contributed by atoms with Crippen LogP contribution < -0.4 is 15.2 Å². The maximum atomic E-state index is 13.6. The molecule has 1 aliphatic rings. The summed E-state index contributed by atoms with van der Waals surface area (Å²) >= 11 is 0. The average Bonchev–Trinajstić information content (AvgIpc) is 3.48. The number of benzene rings is 1. The molecule has 1 heterocycles. The number of hydrogen-bond acceptors (Lipinski definition) is 11. The van der Waals surface area contributed by atoms with Crippen molar-refractivity contribution in [2.24, 2.45) is 34.8 Å². The topological polar surface area (TPSA) is 190 Å². The average molecular weight is 749 g/mol. The number of aliphatic carboxylic acids is 1. The fourth-order valence-corrected chi connectivity index (χ4v) is 6.17. The van der Waals surface area contributed by atoms with Crippen molar-refractivity contribution in [1.29, 1.82) is 0 Å². The van der Waals surface area contributed by atoms with E-state index in [4.69, 9.17) is 39.3 Å². The minimum absolute atomic E-state index is 0.00989. The Morgan fingerprint density at radius 1 is 0.981 bits per heavy atom. The van der Waals surface area contributed by atoms with E-state index in [1.807, 2.05) is 32.0 Å². The Balaban J connectivity index is 2.39. The van der Waals surface area contributed by atoms with Gasteiger partial charge in [0.1, 0.15) is 12.5 Å². The highest BCUT2D eigenvalue weighted by molar-refractivity contribution is 5.90. The van der Waals surface area contributed by atoms with Gasteiger partial charge in [-0.2, -0.15) is 0 Å². The molecule has 3 N–H and O–H groups in total. The van der Waals surface area contributed by atoms with E-state index >= 15 is 0 Å². The maximum Gasteiger partial charge on any atom is 0.415 e. The fourth-order valence-electron chi connectivity index (χ4n) is 6.17. The van der Waals surface area contributed by atoms with Crippen LogP contribution in [-0.2, 0) is 44.5 Å². The lowest BCUT2D eigenvalue weighted by atomic mass is 9.78. The molecule has 1 saturated heterocycles. The highest BCUT2D eigenvalue weighted by Gasteiger charge is 2.43. The second-order valence-corrected chi connectivity index (χ2v) is 14.9. The van der Waals surface area contributed by atoms with Crippen molar-refractivity contribution in [3.8, 4) is 11.5 Å². The molecule has 2 rings (SSSR count). The van der Waals surface area contributed by atoms with Crippen LogP contribution in [0.3, 0.4) is 0 Å². The Bertz CT molecular complexity index is 1410. The summed E-state index contributed by atoms with van der Waals surface area (Å²) in [4.78, 5) is 63.5. The van der Waals surface area contributed by atoms with E-state index in [1.165, 1.54) is 11.8 Å². The lowest BCUT2D eigenvalue weighted by Crippen LogP contribution is -2.44. The molecule has 1 fully saturated rings. The van der Waals surface area contributed by atoms with E-state index in [9.17, 15) is 24.0 Å². The number of methoxy groups -OCH3 is 2. The van der Waals surface area contributed by atoms with Crippen LogP contribution in [0.5, 0.6) is 11.5 Å². The molecule has 0 bridgehead atoms. The first-order valence-corrected chi connectivity index (χ1v) is 18.2. The molecule has 0 spiro atoms. The van der Waals surface area contributed by atoms with Gasteiger partial charge in [-0.15, -0.1) is 0 Å². The van der Waals surface area contributed by atoms with Gasteiger partial charge in [-0.1, -0.05) is 47.6 Å². The van der Waals surface area contributed by atoms with Crippen molar-refractivity contribution in [1.82, 2.24) is 4.90 Å². The number of nitrogens with two attached hydrogens (primary N) is 1. The van der Waals surface area contributed by atoms with Crippen LogP contribution in [-0.4, -0.2) is 92.3 Å². The van der Waals surface area contributed by atoms with Crippen molar-refractivity contribution >= 4 is 29.7 Å². The van der Waals surface area contributed by atoms with E-state index < -0.39 is 53.7 Å². The minimum Gasteiger partial charge on any atom is -0.493 e. The third-order valence-corrected chi connectivity index (χ3v) is 9.73. The van der Waals surface area contributed by atoms with Crippen molar-refractivity contribution in [2.45, 2.75) is 105 Å². The van der Waals surface area contributed by atoms with Crippen LogP contribution in [0.4, 0.5) is 4.79 Å². The third-order valence-electron chi connectivity index (χ3n) is 9.73. The number of nitrogens with zero attached hydrogens (tertiary/aromatic N) is 1. The number of esters is 1. The molecule has 2 amide bonds. The lowest BCUT2D eigenvalue weighted by Gasteiger charge is -2.33. The number of rotatable bonds is 23. The quantitative estimate of drug-likeness (QED) is 0.0617. The Hall–Kier alpha value is -4.17. The van der Waals surface area contributed by atoms with Crippen LogP contribution in [0.15, 0.2) is 30.4 Å². The zero-order chi connectivity index (χ0) is 39.9. The van der Waals surface area contributed by atoms with E-state index in [-0.39, 0.29) is 36.7 Å². The zero-order valence-corrected chi connectivity index (χ0v) is 32.8. The molecule has 5 atom stereocenters. The molecule has 1 unspecified atom stereocenters. The van der Waals surface area contributed by atoms with Crippen LogP contribution in [0, 0.1) is 29.1 Å². The molecule has 1 aromatic carbocycles. The number of carbonyl (C=O) groups is 5. The lowest BCUT2D eigenvalue weighted by molar-refractivity contribution is -0.160. The van der Waals surface area contributed by atoms with Gasteiger partial charge in [-0.3, -0.25) is 14.5 Å². The predicted molar refractivity (Wildman–Crippen MR) is 196 cm³/mol. The first kappa shape index (κ1) is 45.0. The fraction of sp³-hybridized carbons (Fsp3) is 0.667. The number of carboxylic acid groups (broad SMARTS) is 1. The number of hydrogen-bond donors (Lipinski definition) is 2. The second kappa shape index (κ2) is 21.5. The standard InChI is InChI=1S/C39H60N2O12/c1-24(2)28(19-27-11-12-32(49-9)34(20-27)50-18-10-17-48-8)21-30-33(22-29(25(3)4)31(42)15-16-39(6,7)37(40)46)51-23-41(30)38(47)53-26(5)52-36(45)14-13-35(43)44/h11-14,20,24-26,28-30,33H,10,15-19,21-23H2,1-9H3,(H2,40,46)(H,43,44)/b14-13+/t26?,28-,29-,30-,33-/m0/s1. The van der Waals surface area contributed by atoms with Crippen molar-refractivity contribution in [3.05, 3.63) is 35.9 Å². The normalized spacial score (nSPS) is 17.8. The van der Waals surface area contributed by atoms with Gasteiger partial charge >= 0.3 is 18.0 Å². The van der Waals surface area contributed by atoms with E-state index in [1.54, 1.807) is 28.1 Å². The van der Waals surface area contributed by atoms with Crippen molar-refractivity contribution < 1.29 is 57.5 Å². The Morgan fingerprint density at radius 3 is 2.26 bits per heavy atom. The van der Waals surface area contributed by atoms with Gasteiger partial charge in [0.25, 0.3) is 0 Å². The molecule has 1 aromatic rings. The number of primary amides is 1. The Labute approximate surface area is 313 Å². The summed E-state index contributed by atoms with van der Waals surface area (Å²) in [7, 11) is 3.23. The molecule has 0 aromatic heterocycles. The van der Waals surface area contributed by atoms with Gasteiger partial charge < -0.3 is 39.3 Å². The molecular formula is C39H60N2O12. The van der Waals surface area contributed by atoms with Crippen LogP contribution in [0.2, 0.25) is 0 Å². The number of ether oxygens (including phenoxy) is 6. The van der Waals surface area contributed by atoms with Gasteiger partial charge in [0.05, 0.1) is 25.9 Å². The van der Waals surface area contributed by atoms with Gasteiger partial charge in [0.2, 0.25) is 12.2 Å². The number of ketones is 1. The summed E-state index contributed by atoms with van der Waals surface area (Å²) in [5.74, 6) is -1.83. The molecule has 14 heteroatoms. The SMILES string of the molecule is COCCCOc1cc(C[C@@H](C[C@H]2[C@H](C[C@H](C(=O)CCC(C)(C)C(N)=O)C(C)C)OCN2C(=O)OC(C)OC(=O)/C=C/C(=O)O)C(C)C)ccc1OC. The second-order valence-electron chi connectivity index (χ2n) is 14.9. The van der Waals surface area contributed by atoms with Crippen LogP contribution >= 0.6 is 0 Å². The molecule has 14 nitrogen and oxygen atoms in total. The van der Waals surface area contributed by atoms with Crippen molar-refractivity contribution in [3.63, 3.8) is 0 Å².